The number of nitrogens with zero attached hydrogens (tertiary/aromatic N) is 2. The molecule has 0 aliphatic heterocycles. The first-order chi connectivity index (χ1) is 15.8. The number of amides is 1. The van der Waals surface area contributed by atoms with Crippen LogP contribution >= 0.6 is 0 Å². The smallest absolute Gasteiger partial charge is 0.311 e. The molecule has 0 atom stereocenters. The van der Waals surface area contributed by atoms with E-state index in [2.05, 4.69) is 24.4 Å². The van der Waals surface area contributed by atoms with E-state index in [1.807, 2.05) is 25.1 Å². The van der Waals surface area contributed by atoms with Gasteiger partial charge in [0, 0.05) is 11.6 Å². The standard InChI is InChI=1S/C25H25N3O5/c1-17(2)21-13-12-20(14-18(21)3)32-16-25(29)27-26-15-19-8-4-6-10-23(19)33-24-11-7-5-9-22(24)28(30)31/h4-15,17H,16H2,1-3H3,(H,27,29)/b26-15+. The number of hydrogen-bond donors (Lipinski definition) is 1. The van der Waals surface area contributed by atoms with Crippen LogP contribution in [-0.4, -0.2) is 23.7 Å². The molecule has 8 heteroatoms. The maximum absolute atomic E-state index is 12.1. The second-order valence-corrected chi connectivity index (χ2v) is 7.62. The first-order valence-corrected chi connectivity index (χ1v) is 10.4. The van der Waals surface area contributed by atoms with Gasteiger partial charge in [-0.3, -0.25) is 14.9 Å². The van der Waals surface area contributed by atoms with Crippen molar-refractivity contribution < 1.29 is 19.2 Å². The quantitative estimate of drug-likeness (QED) is 0.271. The highest BCUT2D eigenvalue weighted by Gasteiger charge is 2.15. The summed E-state index contributed by atoms with van der Waals surface area (Å²) >= 11 is 0. The number of nitro benzene ring substituents is 1. The van der Waals surface area contributed by atoms with Gasteiger partial charge in [0.2, 0.25) is 5.75 Å². The third kappa shape index (κ3) is 6.39. The van der Waals surface area contributed by atoms with Crippen LogP contribution in [0.3, 0.4) is 0 Å². The van der Waals surface area contributed by atoms with Gasteiger partial charge in [0.05, 0.1) is 11.1 Å². The molecule has 3 aromatic carbocycles. The molecular weight excluding hydrogens is 422 g/mol. The van der Waals surface area contributed by atoms with Crippen LogP contribution in [-0.2, 0) is 4.79 Å². The Balaban J connectivity index is 1.60. The largest absolute Gasteiger partial charge is 0.484 e. The number of para-hydroxylation sites is 3. The van der Waals surface area contributed by atoms with Crippen LogP contribution in [0.4, 0.5) is 5.69 Å². The minimum atomic E-state index is -0.510. The van der Waals surface area contributed by atoms with Crippen LogP contribution in [0.5, 0.6) is 17.2 Å². The van der Waals surface area contributed by atoms with Crippen LogP contribution < -0.4 is 14.9 Å². The zero-order valence-corrected chi connectivity index (χ0v) is 18.6. The highest BCUT2D eigenvalue weighted by atomic mass is 16.6. The molecule has 0 saturated carbocycles. The van der Waals surface area contributed by atoms with E-state index in [0.29, 0.717) is 23.0 Å². The third-order valence-electron chi connectivity index (χ3n) is 4.83. The number of carbonyl (C=O) groups is 1. The van der Waals surface area contributed by atoms with Crippen LogP contribution in [0.15, 0.2) is 71.8 Å². The fourth-order valence-electron chi connectivity index (χ4n) is 3.23. The molecule has 170 valence electrons. The molecule has 1 N–H and O–H groups in total. The molecule has 0 heterocycles. The van der Waals surface area contributed by atoms with E-state index >= 15 is 0 Å². The summed E-state index contributed by atoms with van der Waals surface area (Å²) in [5.41, 5.74) is 5.14. The molecule has 0 radical (unpaired) electrons. The predicted molar refractivity (Wildman–Crippen MR) is 126 cm³/mol. The van der Waals surface area contributed by atoms with Crippen molar-refractivity contribution in [2.75, 3.05) is 6.61 Å². The van der Waals surface area contributed by atoms with E-state index in [9.17, 15) is 14.9 Å². The predicted octanol–water partition coefficient (Wildman–Crippen LogP) is 5.35. The second kappa shape index (κ2) is 10.9. The number of benzene rings is 3. The highest BCUT2D eigenvalue weighted by Crippen LogP contribution is 2.32. The average Bonchev–Trinajstić information content (AvgIpc) is 2.79. The Kier molecular flexibility index (Phi) is 7.75. The molecule has 8 nitrogen and oxygen atoms in total. The van der Waals surface area contributed by atoms with Gasteiger partial charge in [-0.25, -0.2) is 5.43 Å². The summed E-state index contributed by atoms with van der Waals surface area (Å²) in [4.78, 5) is 22.8. The van der Waals surface area contributed by atoms with Gasteiger partial charge in [-0.05, 0) is 54.3 Å². The van der Waals surface area contributed by atoms with Crippen molar-refractivity contribution in [3.05, 3.63) is 93.5 Å². The Bertz CT molecular complexity index is 1170. The molecule has 3 aromatic rings. The van der Waals surface area contributed by atoms with Crippen LogP contribution in [0.2, 0.25) is 0 Å². The molecule has 0 spiro atoms. The van der Waals surface area contributed by atoms with Gasteiger partial charge < -0.3 is 9.47 Å². The summed E-state index contributed by atoms with van der Waals surface area (Å²) in [6.45, 7) is 6.07. The number of rotatable bonds is 9. The van der Waals surface area contributed by atoms with Gasteiger partial charge in [0.1, 0.15) is 11.5 Å². The van der Waals surface area contributed by atoms with Crippen molar-refractivity contribution >= 4 is 17.8 Å². The molecule has 0 unspecified atom stereocenters. The summed E-state index contributed by atoms with van der Waals surface area (Å²) in [5.74, 6) is 1.08. The fraction of sp³-hybridized carbons (Fsp3) is 0.200. The van der Waals surface area contributed by atoms with E-state index in [0.717, 1.165) is 5.56 Å². The Labute approximate surface area is 192 Å². The normalized spacial score (nSPS) is 10.9. The molecule has 0 bridgehead atoms. The lowest BCUT2D eigenvalue weighted by molar-refractivity contribution is -0.385. The number of carbonyl (C=O) groups excluding carboxylic acids is 1. The van der Waals surface area contributed by atoms with Crippen molar-refractivity contribution in [3.8, 4) is 17.2 Å². The van der Waals surface area contributed by atoms with Crippen molar-refractivity contribution in [1.82, 2.24) is 5.43 Å². The first kappa shape index (κ1) is 23.5. The van der Waals surface area contributed by atoms with Crippen molar-refractivity contribution in [2.24, 2.45) is 5.10 Å². The zero-order valence-electron chi connectivity index (χ0n) is 18.6. The summed E-state index contributed by atoms with van der Waals surface area (Å²) in [6, 6.07) is 18.7. The monoisotopic (exact) mass is 447 g/mol. The van der Waals surface area contributed by atoms with E-state index in [1.54, 1.807) is 36.4 Å². The SMILES string of the molecule is Cc1cc(OCC(=O)N/N=C/c2ccccc2Oc2ccccc2[N+](=O)[O-])ccc1C(C)C. The van der Waals surface area contributed by atoms with Gasteiger partial charge in [-0.1, -0.05) is 44.2 Å². The second-order valence-electron chi connectivity index (χ2n) is 7.62. The molecule has 0 fully saturated rings. The number of aryl methyl sites for hydroxylation is 1. The average molecular weight is 447 g/mol. The number of nitro groups is 1. The Morgan fingerprint density at radius 2 is 1.79 bits per heavy atom. The van der Waals surface area contributed by atoms with E-state index in [4.69, 9.17) is 9.47 Å². The minimum absolute atomic E-state index is 0.111. The number of ether oxygens (including phenoxy) is 2. The number of hydrazone groups is 1. The summed E-state index contributed by atoms with van der Waals surface area (Å²) < 4.78 is 11.3. The summed E-state index contributed by atoms with van der Waals surface area (Å²) in [6.07, 6.45) is 1.41. The van der Waals surface area contributed by atoms with Crippen molar-refractivity contribution in [2.45, 2.75) is 26.7 Å². The molecule has 1 amide bonds. The molecule has 3 rings (SSSR count). The van der Waals surface area contributed by atoms with Gasteiger partial charge >= 0.3 is 5.69 Å². The first-order valence-electron chi connectivity index (χ1n) is 10.4. The molecule has 0 aliphatic rings. The Morgan fingerprint density at radius 1 is 1.09 bits per heavy atom. The topological polar surface area (TPSA) is 103 Å². The molecule has 0 aliphatic carbocycles. The van der Waals surface area contributed by atoms with E-state index in [1.165, 1.54) is 23.9 Å². The highest BCUT2D eigenvalue weighted by molar-refractivity contribution is 5.85. The van der Waals surface area contributed by atoms with Crippen LogP contribution in [0, 0.1) is 17.0 Å². The number of hydrogen-bond acceptors (Lipinski definition) is 6. The van der Waals surface area contributed by atoms with Crippen molar-refractivity contribution in [1.29, 1.82) is 0 Å². The Hall–Kier alpha value is -4.20. The zero-order chi connectivity index (χ0) is 23.8. The lowest BCUT2D eigenvalue weighted by Crippen LogP contribution is -2.24. The van der Waals surface area contributed by atoms with Gasteiger partial charge in [0.25, 0.3) is 5.91 Å². The fourth-order valence-corrected chi connectivity index (χ4v) is 3.23. The molecule has 0 aromatic heterocycles. The Morgan fingerprint density at radius 3 is 2.48 bits per heavy atom. The summed E-state index contributed by atoms with van der Waals surface area (Å²) in [7, 11) is 0. The van der Waals surface area contributed by atoms with Crippen molar-refractivity contribution in [3.63, 3.8) is 0 Å². The molecule has 0 saturated heterocycles. The van der Waals surface area contributed by atoms with Crippen LogP contribution in [0.1, 0.15) is 36.5 Å². The lowest BCUT2D eigenvalue weighted by Gasteiger charge is -2.12. The lowest BCUT2D eigenvalue weighted by atomic mass is 9.98. The third-order valence-corrected chi connectivity index (χ3v) is 4.83. The van der Waals surface area contributed by atoms with Gasteiger partial charge in [-0.2, -0.15) is 5.10 Å². The van der Waals surface area contributed by atoms with E-state index < -0.39 is 10.8 Å². The summed E-state index contributed by atoms with van der Waals surface area (Å²) in [5, 5.41) is 15.2. The molecule has 33 heavy (non-hydrogen) atoms. The van der Waals surface area contributed by atoms with Crippen LogP contribution in [0.25, 0.3) is 0 Å². The maximum Gasteiger partial charge on any atom is 0.311 e. The van der Waals surface area contributed by atoms with E-state index in [-0.39, 0.29) is 18.0 Å². The maximum atomic E-state index is 12.1. The van der Waals surface area contributed by atoms with Gasteiger partial charge in [0.15, 0.2) is 6.61 Å². The number of nitrogens with one attached hydrogen (secondary N) is 1. The minimum Gasteiger partial charge on any atom is -0.484 e. The van der Waals surface area contributed by atoms with Gasteiger partial charge in [-0.15, -0.1) is 0 Å². The molecular formula is C25H25N3O5.